The molecule has 39 heavy (non-hydrogen) atoms. The van der Waals surface area contributed by atoms with Gasteiger partial charge in [-0.05, 0) is 72.6 Å². The molecule has 1 aliphatic heterocycles. The second kappa shape index (κ2) is 12.2. The molecule has 1 fully saturated rings. The maximum atomic E-state index is 13.2. The van der Waals surface area contributed by atoms with Crippen LogP contribution in [0.5, 0.6) is 5.75 Å². The van der Waals surface area contributed by atoms with Crippen molar-refractivity contribution in [1.82, 2.24) is 9.88 Å². The van der Waals surface area contributed by atoms with E-state index in [1.807, 2.05) is 19.2 Å². The van der Waals surface area contributed by atoms with Crippen molar-refractivity contribution in [2.24, 2.45) is 5.41 Å². The van der Waals surface area contributed by atoms with Crippen LogP contribution in [0.25, 0.3) is 11.1 Å². The maximum absolute atomic E-state index is 13.2. The highest BCUT2D eigenvalue weighted by molar-refractivity contribution is 5.84. The molecule has 0 saturated carbocycles. The summed E-state index contributed by atoms with van der Waals surface area (Å²) in [5.41, 5.74) is 8.07. The fourth-order valence-electron chi connectivity index (χ4n) is 5.30. The Morgan fingerprint density at radius 2 is 1.72 bits per heavy atom. The molecule has 4 rings (SSSR count). The topological polar surface area (TPSA) is 45.7 Å². The van der Waals surface area contributed by atoms with Crippen LogP contribution in [0.2, 0.25) is 0 Å². The van der Waals surface area contributed by atoms with E-state index >= 15 is 0 Å². The molecular weight excluding hydrogens is 489 g/mol. The van der Waals surface area contributed by atoms with Gasteiger partial charge in [0.2, 0.25) is 5.91 Å². The van der Waals surface area contributed by atoms with E-state index in [1.54, 1.807) is 24.0 Å². The number of carbonyl (C=O) groups is 1. The van der Waals surface area contributed by atoms with E-state index in [1.165, 1.54) is 23.4 Å². The summed E-state index contributed by atoms with van der Waals surface area (Å²) in [5, 5.41) is 0. The lowest BCUT2D eigenvalue weighted by molar-refractivity contribution is -0.128. The van der Waals surface area contributed by atoms with Gasteiger partial charge in [-0.3, -0.25) is 9.78 Å². The van der Waals surface area contributed by atoms with Crippen LogP contribution in [0, 0.1) is 18.2 Å². The van der Waals surface area contributed by atoms with Crippen molar-refractivity contribution in [2.75, 3.05) is 31.6 Å². The van der Waals surface area contributed by atoms with Crippen LogP contribution in [0.15, 0.2) is 48.5 Å². The van der Waals surface area contributed by atoms with Crippen molar-refractivity contribution in [3.8, 4) is 16.9 Å². The minimum atomic E-state index is -0.228. The van der Waals surface area contributed by atoms with Crippen molar-refractivity contribution in [3.05, 3.63) is 76.9 Å². The fourth-order valence-corrected chi connectivity index (χ4v) is 5.30. The zero-order valence-electron chi connectivity index (χ0n) is 24.3. The highest BCUT2D eigenvalue weighted by Gasteiger charge is 2.30. The number of pyridine rings is 1. The summed E-state index contributed by atoms with van der Waals surface area (Å²) in [4.78, 5) is 21.5. The first-order valence-corrected chi connectivity index (χ1v) is 14.0. The van der Waals surface area contributed by atoms with E-state index in [-0.39, 0.29) is 11.7 Å². The number of hydrogen-bond donors (Lipinski definition) is 0. The van der Waals surface area contributed by atoms with Gasteiger partial charge in [0.25, 0.3) is 0 Å². The molecule has 2 aromatic carbocycles. The molecule has 0 unspecified atom stereocenters. The van der Waals surface area contributed by atoms with Crippen molar-refractivity contribution in [2.45, 2.75) is 66.8 Å². The van der Waals surface area contributed by atoms with Gasteiger partial charge in [0.15, 0.2) is 0 Å². The Balaban J connectivity index is 1.67. The van der Waals surface area contributed by atoms with Gasteiger partial charge in [0.05, 0.1) is 24.5 Å². The van der Waals surface area contributed by atoms with Gasteiger partial charge in [-0.15, -0.1) is 0 Å². The molecule has 1 saturated heterocycles. The highest BCUT2D eigenvalue weighted by Crippen LogP contribution is 2.42. The second-order valence-corrected chi connectivity index (χ2v) is 11.5. The molecule has 6 heteroatoms. The number of anilines is 1. The first kappa shape index (κ1) is 28.6. The average Bonchev–Trinajstić information content (AvgIpc) is 2.90. The number of amides is 1. The number of nitrogens with zero attached hydrogens (tertiary/aromatic N) is 3. The van der Waals surface area contributed by atoms with Crippen molar-refractivity contribution >= 4 is 11.6 Å². The molecule has 0 bridgehead atoms. The average molecular weight is 532 g/mol. The van der Waals surface area contributed by atoms with Crippen LogP contribution in [0.3, 0.4) is 0 Å². The molecule has 3 aromatic rings. The van der Waals surface area contributed by atoms with Gasteiger partial charge >= 0.3 is 0 Å². The van der Waals surface area contributed by atoms with E-state index in [2.05, 4.69) is 44.7 Å². The monoisotopic (exact) mass is 531 g/mol. The number of ether oxygens (including phenoxy) is 1. The third-order valence-electron chi connectivity index (χ3n) is 7.98. The third-order valence-corrected chi connectivity index (χ3v) is 7.98. The van der Waals surface area contributed by atoms with E-state index in [4.69, 9.17) is 9.72 Å². The van der Waals surface area contributed by atoms with Crippen molar-refractivity contribution in [3.63, 3.8) is 0 Å². The Morgan fingerprint density at radius 1 is 1.08 bits per heavy atom. The standard InChI is InChI=1S/C33H42FN3O2/c1-7-29-23(2)35-30(22-36(6)24(3)38)31(32(29)37-19-17-33(4,5)18-20-37)26-10-14-28(15-11-26)39-21-16-25-8-12-27(34)13-9-25/h8-15H,7,16-22H2,1-6H3. The second-order valence-electron chi connectivity index (χ2n) is 11.5. The van der Waals surface area contributed by atoms with Gasteiger partial charge in [-0.2, -0.15) is 0 Å². The molecule has 5 nitrogen and oxygen atoms in total. The third kappa shape index (κ3) is 6.97. The number of carbonyl (C=O) groups excluding carboxylic acids is 1. The highest BCUT2D eigenvalue weighted by atomic mass is 19.1. The van der Waals surface area contributed by atoms with Crippen LogP contribution in [-0.2, 0) is 24.2 Å². The predicted molar refractivity (Wildman–Crippen MR) is 157 cm³/mol. The fraction of sp³-hybridized carbons (Fsp3) is 0.455. The van der Waals surface area contributed by atoms with Gasteiger partial charge in [-0.25, -0.2) is 4.39 Å². The minimum Gasteiger partial charge on any atom is -0.493 e. The Bertz CT molecular complexity index is 1280. The molecule has 0 radical (unpaired) electrons. The Kier molecular flexibility index (Phi) is 8.94. The Morgan fingerprint density at radius 3 is 2.31 bits per heavy atom. The van der Waals surface area contributed by atoms with Crippen LogP contribution >= 0.6 is 0 Å². The molecule has 1 aliphatic rings. The molecule has 2 heterocycles. The molecule has 0 spiro atoms. The van der Waals surface area contributed by atoms with Gasteiger partial charge < -0.3 is 14.5 Å². The lowest BCUT2D eigenvalue weighted by Crippen LogP contribution is -2.38. The maximum Gasteiger partial charge on any atom is 0.219 e. The van der Waals surface area contributed by atoms with Crippen molar-refractivity contribution in [1.29, 1.82) is 0 Å². The summed E-state index contributed by atoms with van der Waals surface area (Å²) in [5.74, 6) is 0.583. The molecule has 0 atom stereocenters. The zero-order valence-corrected chi connectivity index (χ0v) is 24.3. The largest absolute Gasteiger partial charge is 0.493 e. The van der Waals surface area contributed by atoms with E-state index in [0.717, 1.165) is 66.2 Å². The summed E-state index contributed by atoms with van der Waals surface area (Å²) < 4.78 is 19.2. The van der Waals surface area contributed by atoms with Crippen LogP contribution in [-0.4, -0.2) is 42.5 Å². The number of piperidine rings is 1. The molecule has 0 aliphatic carbocycles. The number of aromatic nitrogens is 1. The summed E-state index contributed by atoms with van der Waals surface area (Å²) in [7, 11) is 1.83. The Hall–Kier alpha value is -3.41. The molecule has 0 N–H and O–H groups in total. The number of benzene rings is 2. The quantitative estimate of drug-likeness (QED) is 0.299. The van der Waals surface area contributed by atoms with Crippen LogP contribution in [0.1, 0.15) is 63.1 Å². The lowest BCUT2D eigenvalue weighted by atomic mass is 9.82. The first-order chi connectivity index (χ1) is 18.6. The van der Waals surface area contributed by atoms with Crippen LogP contribution in [0.4, 0.5) is 10.1 Å². The smallest absolute Gasteiger partial charge is 0.219 e. The molecule has 1 amide bonds. The van der Waals surface area contributed by atoms with Gasteiger partial charge in [0.1, 0.15) is 11.6 Å². The van der Waals surface area contributed by atoms with E-state index in [9.17, 15) is 9.18 Å². The number of halogens is 1. The molecule has 1 aromatic heterocycles. The Labute approximate surface area is 233 Å². The van der Waals surface area contributed by atoms with E-state index < -0.39 is 0 Å². The number of rotatable bonds is 9. The molecular formula is C33H42FN3O2. The summed E-state index contributed by atoms with van der Waals surface area (Å²) in [6.45, 7) is 13.6. The van der Waals surface area contributed by atoms with Gasteiger partial charge in [-0.1, -0.05) is 45.0 Å². The minimum absolute atomic E-state index is 0.0196. The zero-order chi connectivity index (χ0) is 28.2. The van der Waals surface area contributed by atoms with Gasteiger partial charge in [0, 0.05) is 44.7 Å². The normalized spacial score (nSPS) is 14.8. The van der Waals surface area contributed by atoms with E-state index in [0.29, 0.717) is 25.0 Å². The SMILES string of the molecule is CCc1c(C)nc(CN(C)C(C)=O)c(-c2ccc(OCCc3ccc(F)cc3)cc2)c1N1CCC(C)(C)CC1. The first-order valence-electron chi connectivity index (χ1n) is 14.0. The lowest BCUT2D eigenvalue weighted by Gasteiger charge is -2.40. The number of hydrogen-bond acceptors (Lipinski definition) is 4. The summed E-state index contributed by atoms with van der Waals surface area (Å²) in [6.07, 6.45) is 3.89. The van der Waals surface area contributed by atoms with Crippen molar-refractivity contribution < 1.29 is 13.9 Å². The number of aryl methyl sites for hydroxylation is 1. The summed E-state index contributed by atoms with van der Waals surface area (Å²) >= 11 is 0. The molecule has 208 valence electrons. The summed E-state index contributed by atoms with van der Waals surface area (Å²) in [6, 6.07) is 14.8. The van der Waals surface area contributed by atoms with Crippen LogP contribution < -0.4 is 9.64 Å². The predicted octanol–water partition coefficient (Wildman–Crippen LogP) is 6.98.